The summed E-state index contributed by atoms with van der Waals surface area (Å²) in [6, 6.07) is 8.58. The van der Waals surface area contributed by atoms with Gasteiger partial charge in [0.25, 0.3) is 0 Å². The zero-order valence-corrected chi connectivity index (χ0v) is 9.29. The molecule has 1 aromatic rings. The van der Waals surface area contributed by atoms with Gasteiger partial charge in [0.15, 0.2) is 0 Å². The van der Waals surface area contributed by atoms with Gasteiger partial charge in [0.05, 0.1) is 0 Å². The lowest BCUT2D eigenvalue weighted by molar-refractivity contribution is 0.0325. The van der Waals surface area contributed by atoms with Gasteiger partial charge in [0.2, 0.25) is 0 Å². The third kappa shape index (κ3) is 5.73. The highest BCUT2D eigenvalue weighted by atomic mass is 16.6. The standard InChI is InChI=1S/C10H14.C2H6O2/c1-3-6-10-8-5-4-7-9(10)2;1-4-2-3/h4-5,7-8H,3,6H2,1-2H3;3H,2H2,1H3. The minimum atomic E-state index is -0.181. The van der Waals surface area contributed by atoms with E-state index >= 15 is 0 Å². The first-order valence-corrected chi connectivity index (χ1v) is 4.90. The van der Waals surface area contributed by atoms with Crippen molar-refractivity contribution in [3.8, 4) is 0 Å². The van der Waals surface area contributed by atoms with Crippen LogP contribution in [0.2, 0.25) is 0 Å². The summed E-state index contributed by atoms with van der Waals surface area (Å²) in [7, 11) is 1.43. The molecule has 2 nitrogen and oxygen atoms in total. The topological polar surface area (TPSA) is 29.5 Å². The van der Waals surface area contributed by atoms with Gasteiger partial charge in [-0.1, -0.05) is 37.6 Å². The van der Waals surface area contributed by atoms with Crippen LogP contribution >= 0.6 is 0 Å². The molecule has 0 spiro atoms. The number of aliphatic hydroxyl groups excluding tert-OH is 1. The van der Waals surface area contributed by atoms with Crippen LogP contribution in [0.15, 0.2) is 24.3 Å². The van der Waals surface area contributed by atoms with Crippen molar-refractivity contribution in [3.63, 3.8) is 0 Å². The Morgan fingerprint density at radius 1 is 1.29 bits per heavy atom. The maximum atomic E-state index is 7.65. The number of aryl methyl sites for hydroxylation is 2. The zero-order valence-electron chi connectivity index (χ0n) is 9.29. The molecule has 1 N–H and O–H groups in total. The molecule has 14 heavy (non-hydrogen) atoms. The van der Waals surface area contributed by atoms with E-state index in [0.29, 0.717) is 0 Å². The average molecular weight is 196 g/mol. The van der Waals surface area contributed by atoms with E-state index in [1.807, 2.05) is 0 Å². The molecule has 0 saturated heterocycles. The third-order valence-electron chi connectivity index (χ3n) is 1.91. The largest absolute Gasteiger partial charge is 0.371 e. The van der Waals surface area contributed by atoms with Gasteiger partial charge in [0, 0.05) is 7.11 Å². The van der Waals surface area contributed by atoms with E-state index < -0.39 is 0 Å². The van der Waals surface area contributed by atoms with Crippen molar-refractivity contribution in [2.24, 2.45) is 0 Å². The van der Waals surface area contributed by atoms with Gasteiger partial charge in [-0.15, -0.1) is 0 Å². The quantitative estimate of drug-likeness (QED) is 0.753. The number of rotatable bonds is 3. The second-order valence-corrected chi connectivity index (χ2v) is 3.09. The number of ether oxygens (including phenoxy) is 1. The molecular weight excluding hydrogens is 176 g/mol. The number of hydrogen-bond donors (Lipinski definition) is 1. The van der Waals surface area contributed by atoms with Crippen LogP contribution in [0.1, 0.15) is 24.5 Å². The lowest BCUT2D eigenvalue weighted by Gasteiger charge is -2.01. The van der Waals surface area contributed by atoms with Crippen molar-refractivity contribution in [2.45, 2.75) is 26.7 Å². The minimum Gasteiger partial charge on any atom is -0.371 e. The maximum Gasteiger partial charge on any atom is 0.143 e. The van der Waals surface area contributed by atoms with Crippen LogP contribution in [-0.2, 0) is 11.2 Å². The van der Waals surface area contributed by atoms with E-state index in [1.165, 1.54) is 31.1 Å². The Balaban J connectivity index is 0.000000364. The van der Waals surface area contributed by atoms with Crippen LogP contribution in [0.25, 0.3) is 0 Å². The summed E-state index contributed by atoms with van der Waals surface area (Å²) in [5.74, 6) is 0. The summed E-state index contributed by atoms with van der Waals surface area (Å²) >= 11 is 0. The third-order valence-corrected chi connectivity index (χ3v) is 1.91. The van der Waals surface area contributed by atoms with E-state index in [4.69, 9.17) is 5.11 Å². The predicted octanol–water partition coefficient (Wildman–Crippen LogP) is 2.53. The first kappa shape index (κ1) is 13.1. The Hall–Kier alpha value is -0.860. The molecular formula is C12H20O2. The van der Waals surface area contributed by atoms with Crippen LogP contribution in [0, 0.1) is 6.92 Å². The molecule has 0 radical (unpaired) electrons. The molecule has 0 aliphatic carbocycles. The van der Waals surface area contributed by atoms with E-state index in [-0.39, 0.29) is 6.79 Å². The number of benzene rings is 1. The number of hydrogen-bond acceptors (Lipinski definition) is 2. The summed E-state index contributed by atoms with van der Waals surface area (Å²) in [5, 5.41) is 7.65. The molecule has 0 atom stereocenters. The van der Waals surface area contributed by atoms with Crippen molar-refractivity contribution in [1.82, 2.24) is 0 Å². The Kier molecular flexibility index (Phi) is 8.19. The van der Waals surface area contributed by atoms with E-state index in [2.05, 4.69) is 42.8 Å². The molecule has 0 bridgehead atoms. The van der Waals surface area contributed by atoms with Crippen molar-refractivity contribution < 1.29 is 9.84 Å². The fourth-order valence-corrected chi connectivity index (χ4v) is 1.16. The SMILES string of the molecule is CCCc1ccccc1C.COCO. The number of aliphatic hydroxyl groups is 1. The van der Waals surface area contributed by atoms with Crippen LogP contribution in [-0.4, -0.2) is 19.0 Å². The lowest BCUT2D eigenvalue weighted by atomic mass is 10.1. The van der Waals surface area contributed by atoms with Gasteiger partial charge in [-0.25, -0.2) is 0 Å². The van der Waals surface area contributed by atoms with Crippen LogP contribution in [0.3, 0.4) is 0 Å². The second kappa shape index (κ2) is 8.73. The van der Waals surface area contributed by atoms with Gasteiger partial charge < -0.3 is 9.84 Å². The van der Waals surface area contributed by atoms with E-state index in [9.17, 15) is 0 Å². The minimum absolute atomic E-state index is 0.181. The molecule has 0 aromatic heterocycles. The van der Waals surface area contributed by atoms with Gasteiger partial charge >= 0.3 is 0 Å². The smallest absolute Gasteiger partial charge is 0.143 e. The molecule has 0 unspecified atom stereocenters. The fraction of sp³-hybridized carbons (Fsp3) is 0.500. The first-order chi connectivity index (χ1) is 6.76. The average Bonchev–Trinajstić information content (AvgIpc) is 2.22. The van der Waals surface area contributed by atoms with Crippen LogP contribution in [0.5, 0.6) is 0 Å². The lowest BCUT2D eigenvalue weighted by Crippen LogP contribution is -1.85. The highest BCUT2D eigenvalue weighted by Crippen LogP contribution is 2.08. The molecule has 0 aliphatic rings. The molecule has 0 amide bonds. The Morgan fingerprint density at radius 3 is 2.29 bits per heavy atom. The second-order valence-electron chi connectivity index (χ2n) is 3.09. The predicted molar refractivity (Wildman–Crippen MR) is 59.3 cm³/mol. The molecule has 1 aromatic carbocycles. The molecule has 0 fully saturated rings. The summed E-state index contributed by atoms with van der Waals surface area (Å²) in [5.41, 5.74) is 2.91. The Morgan fingerprint density at radius 2 is 1.86 bits per heavy atom. The number of methoxy groups -OCH3 is 1. The summed E-state index contributed by atoms with van der Waals surface area (Å²) in [6.45, 7) is 4.21. The zero-order chi connectivity index (χ0) is 10.8. The highest BCUT2D eigenvalue weighted by Gasteiger charge is 1.92. The molecule has 0 aliphatic heterocycles. The normalized spacial score (nSPS) is 9.14. The van der Waals surface area contributed by atoms with Gasteiger partial charge in [0.1, 0.15) is 6.79 Å². The maximum absolute atomic E-state index is 7.65. The Bertz CT molecular complexity index is 232. The van der Waals surface area contributed by atoms with Crippen molar-refractivity contribution in [1.29, 1.82) is 0 Å². The van der Waals surface area contributed by atoms with Crippen molar-refractivity contribution in [2.75, 3.05) is 13.9 Å². The van der Waals surface area contributed by atoms with E-state index in [0.717, 1.165) is 0 Å². The summed E-state index contributed by atoms with van der Waals surface area (Å²) in [6.07, 6.45) is 2.46. The first-order valence-electron chi connectivity index (χ1n) is 4.90. The van der Waals surface area contributed by atoms with Gasteiger partial charge in [-0.3, -0.25) is 0 Å². The summed E-state index contributed by atoms with van der Waals surface area (Å²) in [4.78, 5) is 0. The Labute approximate surface area is 86.5 Å². The highest BCUT2D eigenvalue weighted by molar-refractivity contribution is 5.25. The molecule has 1 rings (SSSR count). The van der Waals surface area contributed by atoms with E-state index in [1.54, 1.807) is 0 Å². The van der Waals surface area contributed by atoms with Crippen LogP contribution in [0.4, 0.5) is 0 Å². The van der Waals surface area contributed by atoms with Crippen LogP contribution < -0.4 is 0 Å². The molecule has 2 heteroatoms. The van der Waals surface area contributed by atoms with Crippen molar-refractivity contribution in [3.05, 3.63) is 35.4 Å². The molecule has 0 saturated carbocycles. The summed E-state index contributed by atoms with van der Waals surface area (Å²) < 4.78 is 4.10. The van der Waals surface area contributed by atoms with Gasteiger partial charge in [-0.2, -0.15) is 0 Å². The molecule has 0 heterocycles. The van der Waals surface area contributed by atoms with Gasteiger partial charge in [-0.05, 0) is 24.5 Å². The molecule has 80 valence electrons. The fourth-order valence-electron chi connectivity index (χ4n) is 1.16. The van der Waals surface area contributed by atoms with Crippen molar-refractivity contribution >= 4 is 0 Å². The monoisotopic (exact) mass is 196 g/mol.